The van der Waals surface area contributed by atoms with Gasteiger partial charge in [0.15, 0.2) is 0 Å². The zero-order valence-corrected chi connectivity index (χ0v) is 15.2. The third kappa shape index (κ3) is 3.90. The zero-order valence-electron chi connectivity index (χ0n) is 12.9. The minimum absolute atomic E-state index is 0.275. The number of hydrogen-bond donors (Lipinski definition) is 0. The lowest BCUT2D eigenvalue weighted by Gasteiger charge is -2.34. The Balaban J connectivity index is 1.64. The Morgan fingerprint density at radius 1 is 1.00 bits per heavy atom. The smallest absolute Gasteiger partial charge is 0.243 e. The van der Waals surface area contributed by atoms with E-state index in [4.69, 9.17) is 23.2 Å². The second-order valence-corrected chi connectivity index (χ2v) is 8.38. The molecule has 0 amide bonds. The van der Waals surface area contributed by atoms with Crippen molar-refractivity contribution in [1.29, 1.82) is 0 Å². The van der Waals surface area contributed by atoms with Crippen LogP contribution >= 0.6 is 23.2 Å². The summed E-state index contributed by atoms with van der Waals surface area (Å²) >= 11 is 12.0. The van der Waals surface area contributed by atoms with Crippen molar-refractivity contribution in [2.75, 3.05) is 26.2 Å². The van der Waals surface area contributed by atoms with Crippen LogP contribution in [0.25, 0.3) is 0 Å². The molecule has 24 heavy (non-hydrogen) atoms. The number of halogens is 2. The van der Waals surface area contributed by atoms with Gasteiger partial charge in [0.1, 0.15) is 0 Å². The summed E-state index contributed by atoms with van der Waals surface area (Å²) in [5.74, 6) is 0. The molecule has 0 radical (unpaired) electrons. The second-order valence-electron chi connectivity index (χ2n) is 5.60. The van der Waals surface area contributed by atoms with Gasteiger partial charge in [0.25, 0.3) is 0 Å². The lowest BCUT2D eigenvalue weighted by atomic mass is 10.2. The molecule has 0 unspecified atom stereocenters. The van der Waals surface area contributed by atoms with E-state index < -0.39 is 10.0 Å². The minimum atomic E-state index is -3.47. The Morgan fingerprint density at radius 3 is 2.29 bits per heavy atom. The molecule has 5 nitrogen and oxygen atoms in total. The summed E-state index contributed by atoms with van der Waals surface area (Å²) in [6, 6.07) is 8.16. The van der Waals surface area contributed by atoms with Crippen LogP contribution in [0.5, 0.6) is 0 Å². The Bertz CT molecular complexity index is 804. The average Bonchev–Trinajstić information content (AvgIpc) is 2.58. The number of benzene rings is 1. The molecule has 1 saturated heterocycles. The van der Waals surface area contributed by atoms with Gasteiger partial charge in [0.2, 0.25) is 10.0 Å². The molecule has 1 aromatic carbocycles. The van der Waals surface area contributed by atoms with Crippen molar-refractivity contribution in [2.24, 2.45) is 0 Å². The topological polar surface area (TPSA) is 53.5 Å². The highest BCUT2D eigenvalue weighted by molar-refractivity contribution is 7.89. The van der Waals surface area contributed by atoms with Crippen molar-refractivity contribution in [3.05, 3.63) is 58.3 Å². The van der Waals surface area contributed by atoms with Crippen LogP contribution in [0.3, 0.4) is 0 Å². The van der Waals surface area contributed by atoms with Crippen LogP contribution in [-0.2, 0) is 16.6 Å². The maximum Gasteiger partial charge on any atom is 0.243 e. The van der Waals surface area contributed by atoms with Crippen LogP contribution in [0.4, 0.5) is 0 Å². The molecule has 1 aliphatic rings. The number of nitrogens with zero attached hydrogens (tertiary/aromatic N) is 3. The van der Waals surface area contributed by atoms with Crippen molar-refractivity contribution in [1.82, 2.24) is 14.2 Å². The van der Waals surface area contributed by atoms with E-state index in [-0.39, 0.29) is 4.90 Å². The number of hydrogen-bond acceptors (Lipinski definition) is 4. The number of aromatic nitrogens is 1. The molecular formula is C16H17Cl2N3O2S. The number of piperazine rings is 1. The van der Waals surface area contributed by atoms with E-state index in [2.05, 4.69) is 9.88 Å². The van der Waals surface area contributed by atoms with Crippen LogP contribution in [-0.4, -0.2) is 48.8 Å². The molecule has 0 spiro atoms. The normalized spacial score (nSPS) is 17.1. The first-order valence-corrected chi connectivity index (χ1v) is 9.73. The Morgan fingerprint density at radius 2 is 1.67 bits per heavy atom. The van der Waals surface area contributed by atoms with Gasteiger partial charge in [0, 0.05) is 50.1 Å². The van der Waals surface area contributed by atoms with E-state index in [1.165, 1.54) is 4.31 Å². The molecule has 2 heterocycles. The van der Waals surface area contributed by atoms with Crippen LogP contribution in [0.2, 0.25) is 10.0 Å². The van der Waals surface area contributed by atoms with E-state index in [0.29, 0.717) is 42.8 Å². The molecule has 1 fully saturated rings. The third-order valence-corrected chi connectivity index (χ3v) is 6.54. The maximum absolute atomic E-state index is 12.7. The SMILES string of the molecule is O=S(=O)(c1ccc(Cl)cc1)N1CCN(Cc2ccncc2Cl)CC1. The van der Waals surface area contributed by atoms with Crippen LogP contribution < -0.4 is 0 Å². The van der Waals surface area contributed by atoms with Gasteiger partial charge in [-0.25, -0.2) is 8.42 Å². The quantitative estimate of drug-likeness (QED) is 0.811. The van der Waals surface area contributed by atoms with Crippen LogP contribution in [0.1, 0.15) is 5.56 Å². The van der Waals surface area contributed by atoms with Crippen molar-refractivity contribution in [3.8, 4) is 0 Å². The van der Waals surface area contributed by atoms with E-state index in [1.54, 1.807) is 36.7 Å². The summed E-state index contributed by atoms with van der Waals surface area (Å²) in [6.07, 6.45) is 3.33. The maximum atomic E-state index is 12.7. The molecule has 2 aromatic rings. The fourth-order valence-electron chi connectivity index (χ4n) is 2.66. The highest BCUT2D eigenvalue weighted by Crippen LogP contribution is 2.21. The molecule has 0 aliphatic carbocycles. The summed E-state index contributed by atoms with van der Waals surface area (Å²) in [6.45, 7) is 2.91. The van der Waals surface area contributed by atoms with Crippen molar-refractivity contribution in [3.63, 3.8) is 0 Å². The lowest BCUT2D eigenvalue weighted by Crippen LogP contribution is -2.48. The highest BCUT2D eigenvalue weighted by Gasteiger charge is 2.28. The predicted molar refractivity (Wildman–Crippen MR) is 94.7 cm³/mol. The summed E-state index contributed by atoms with van der Waals surface area (Å²) in [4.78, 5) is 6.44. The molecule has 1 aromatic heterocycles. The molecule has 0 atom stereocenters. The van der Waals surface area contributed by atoms with Gasteiger partial charge in [-0.15, -0.1) is 0 Å². The molecule has 3 rings (SSSR count). The lowest BCUT2D eigenvalue weighted by molar-refractivity contribution is 0.181. The van der Waals surface area contributed by atoms with Gasteiger partial charge >= 0.3 is 0 Å². The van der Waals surface area contributed by atoms with Crippen molar-refractivity contribution < 1.29 is 8.42 Å². The van der Waals surface area contributed by atoms with Gasteiger partial charge in [-0.1, -0.05) is 23.2 Å². The van der Waals surface area contributed by atoms with E-state index in [1.807, 2.05) is 6.07 Å². The summed E-state index contributed by atoms with van der Waals surface area (Å²) in [5.41, 5.74) is 1.00. The fraction of sp³-hybridized carbons (Fsp3) is 0.312. The van der Waals surface area contributed by atoms with Gasteiger partial charge in [-0.3, -0.25) is 9.88 Å². The van der Waals surface area contributed by atoms with Crippen LogP contribution in [0.15, 0.2) is 47.6 Å². The first kappa shape index (κ1) is 17.6. The largest absolute Gasteiger partial charge is 0.296 e. The number of rotatable bonds is 4. The van der Waals surface area contributed by atoms with Gasteiger partial charge in [-0.2, -0.15) is 4.31 Å². The Hall–Kier alpha value is -1.18. The van der Waals surface area contributed by atoms with Crippen molar-refractivity contribution >= 4 is 33.2 Å². The Labute approximate surface area is 151 Å². The highest BCUT2D eigenvalue weighted by atomic mass is 35.5. The van der Waals surface area contributed by atoms with Crippen LogP contribution in [0, 0.1) is 0 Å². The minimum Gasteiger partial charge on any atom is -0.296 e. The average molecular weight is 386 g/mol. The molecule has 1 aliphatic heterocycles. The molecule has 0 bridgehead atoms. The number of pyridine rings is 1. The summed E-state index contributed by atoms with van der Waals surface area (Å²) < 4.78 is 26.8. The Kier molecular flexibility index (Phi) is 5.42. The fourth-order valence-corrected chi connectivity index (χ4v) is 4.38. The van der Waals surface area contributed by atoms with E-state index >= 15 is 0 Å². The van der Waals surface area contributed by atoms with E-state index in [0.717, 1.165) is 5.56 Å². The molecule has 0 saturated carbocycles. The summed E-state index contributed by atoms with van der Waals surface area (Å²) in [5, 5.41) is 1.15. The predicted octanol–water partition coefficient (Wildman–Crippen LogP) is 2.89. The monoisotopic (exact) mass is 385 g/mol. The molecule has 8 heteroatoms. The van der Waals surface area contributed by atoms with E-state index in [9.17, 15) is 8.42 Å². The number of sulfonamides is 1. The first-order valence-electron chi connectivity index (χ1n) is 7.53. The van der Waals surface area contributed by atoms with Gasteiger partial charge < -0.3 is 0 Å². The second kappa shape index (κ2) is 7.37. The molecule has 128 valence electrons. The third-order valence-electron chi connectivity index (χ3n) is 4.03. The standard InChI is InChI=1S/C16H17Cl2N3O2S/c17-14-1-3-15(4-2-14)24(22,23)21-9-7-20(8-10-21)12-13-5-6-19-11-16(13)18/h1-6,11H,7-10,12H2. The zero-order chi connectivity index (χ0) is 17.2. The van der Waals surface area contributed by atoms with Crippen molar-refractivity contribution in [2.45, 2.75) is 11.4 Å². The molecule has 0 N–H and O–H groups in total. The van der Waals surface area contributed by atoms with Gasteiger partial charge in [0.05, 0.1) is 9.92 Å². The summed E-state index contributed by atoms with van der Waals surface area (Å²) in [7, 11) is -3.47. The molecular weight excluding hydrogens is 369 g/mol. The first-order chi connectivity index (χ1) is 11.5. The van der Waals surface area contributed by atoms with Gasteiger partial charge in [-0.05, 0) is 35.9 Å².